The van der Waals surface area contributed by atoms with Gasteiger partial charge in [-0.1, -0.05) is 6.07 Å². The zero-order valence-electron chi connectivity index (χ0n) is 14.7. The minimum absolute atomic E-state index is 0.103. The molecule has 2 aromatic heterocycles. The SMILES string of the molecule is CC(C)N1CCCN(c2cccc(C(=O)c3cncc(Br)c3)n2)CC1. The Bertz CT molecular complexity index is 750. The van der Waals surface area contributed by atoms with E-state index in [1.165, 1.54) is 0 Å². The van der Waals surface area contributed by atoms with Crippen LogP contribution in [0.4, 0.5) is 5.82 Å². The summed E-state index contributed by atoms with van der Waals surface area (Å²) in [5, 5.41) is 0. The smallest absolute Gasteiger partial charge is 0.213 e. The Morgan fingerprint density at radius 3 is 2.76 bits per heavy atom. The van der Waals surface area contributed by atoms with Crippen LogP contribution >= 0.6 is 15.9 Å². The molecule has 1 aliphatic heterocycles. The Morgan fingerprint density at radius 2 is 2.00 bits per heavy atom. The Labute approximate surface area is 157 Å². The van der Waals surface area contributed by atoms with Gasteiger partial charge in [0.25, 0.3) is 0 Å². The van der Waals surface area contributed by atoms with Crippen molar-refractivity contribution in [1.82, 2.24) is 14.9 Å². The lowest BCUT2D eigenvalue weighted by atomic mass is 10.1. The molecule has 0 unspecified atom stereocenters. The Hall–Kier alpha value is -1.79. The Morgan fingerprint density at radius 1 is 1.16 bits per heavy atom. The summed E-state index contributed by atoms with van der Waals surface area (Å²) in [7, 11) is 0. The molecule has 0 saturated carbocycles. The molecule has 3 heterocycles. The normalized spacial score (nSPS) is 16.1. The second-order valence-electron chi connectivity index (χ2n) is 6.57. The average Bonchev–Trinajstić information content (AvgIpc) is 2.87. The second kappa shape index (κ2) is 8.06. The summed E-state index contributed by atoms with van der Waals surface area (Å²) in [5.74, 6) is 0.772. The van der Waals surface area contributed by atoms with Crippen LogP contribution in [0.2, 0.25) is 0 Å². The van der Waals surface area contributed by atoms with Crippen molar-refractivity contribution >= 4 is 27.5 Å². The summed E-state index contributed by atoms with van der Waals surface area (Å²) in [4.78, 5) is 26.2. The lowest BCUT2D eigenvalue weighted by molar-refractivity contribution is 0.103. The fourth-order valence-electron chi connectivity index (χ4n) is 3.09. The first-order valence-corrected chi connectivity index (χ1v) is 9.45. The maximum atomic E-state index is 12.7. The molecule has 25 heavy (non-hydrogen) atoms. The second-order valence-corrected chi connectivity index (χ2v) is 7.49. The number of hydrogen-bond acceptors (Lipinski definition) is 5. The summed E-state index contributed by atoms with van der Waals surface area (Å²) < 4.78 is 0.788. The van der Waals surface area contributed by atoms with E-state index in [2.05, 4.69) is 49.5 Å². The fraction of sp³-hybridized carbons (Fsp3) is 0.421. The number of aromatic nitrogens is 2. The lowest BCUT2D eigenvalue weighted by Crippen LogP contribution is -2.35. The van der Waals surface area contributed by atoms with Crippen molar-refractivity contribution in [3.05, 3.63) is 52.4 Å². The maximum Gasteiger partial charge on any atom is 0.213 e. The van der Waals surface area contributed by atoms with E-state index in [-0.39, 0.29) is 5.78 Å². The first-order chi connectivity index (χ1) is 12.0. The molecule has 0 amide bonds. The van der Waals surface area contributed by atoms with E-state index in [0.717, 1.165) is 42.9 Å². The molecule has 6 heteroatoms. The fourth-order valence-corrected chi connectivity index (χ4v) is 3.46. The van der Waals surface area contributed by atoms with Crippen molar-refractivity contribution in [2.45, 2.75) is 26.3 Å². The minimum atomic E-state index is -0.103. The van der Waals surface area contributed by atoms with Gasteiger partial charge < -0.3 is 4.90 Å². The van der Waals surface area contributed by atoms with Gasteiger partial charge >= 0.3 is 0 Å². The molecule has 0 spiro atoms. The minimum Gasteiger partial charge on any atom is -0.355 e. The number of carbonyl (C=O) groups is 1. The number of anilines is 1. The van der Waals surface area contributed by atoms with E-state index in [0.29, 0.717) is 17.3 Å². The van der Waals surface area contributed by atoms with Crippen LogP contribution in [0, 0.1) is 0 Å². The van der Waals surface area contributed by atoms with Crippen molar-refractivity contribution in [3.63, 3.8) is 0 Å². The third kappa shape index (κ3) is 4.44. The molecular formula is C19H23BrN4O. The highest BCUT2D eigenvalue weighted by Gasteiger charge is 2.19. The summed E-state index contributed by atoms with van der Waals surface area (Å²) in [6, 6.07) is 8.00. The quantitative estimate of drug-likeness (QED) is 0.733. The van der Waals surface area contributed by atoms with Gasteiger partial charge in [-0.25, -0.2) is 4.98 Å². The van der Waals surface area contributed by atoms with Gasteiger partial charge in [0.1, 0.15) is 11.5 Å². The number of rotatable bonds is 4. The van der Waals surface area contributed by atoms with Crippen LogP contribution in [0.15, 0.2) is 41.1 Å². The van der Waals surface area contributed by atoms with E-state index in [1.807, 2.05) is 12.1 Å². The number of halogens is 1. The highest BCUT2D eigenvalue weighted by atomic mass is 79.9. The monoisotopic (exact) mass is 402 g/mol. The maximum absolute atomic E-state index is 12.7. The van der Waals surface area contributed by atoms with Gasteiger partial charge in [-0.05, 0) is 54.4 Å². The van der Waals surface area contributed by atoms with Gasteiger partial charge in [0.2, 0.25) is 5.78 Å². The molecule has 132 valence electrons. The molecular weight excluding hydrogens is 380 g/mol. The summed E-state index contributed by atoms with van der Waals surface area (Å²) in [6.07, 6.45) is 4.35. The molecule has 5 nitrogen and oxygen atoms in total. The summed E-state index contributed by atoms with van der Waals surface area (Å²) in [5.41, 5.74) is 1.00. The molecule has 3 rings (SSSR count). The zero-order chi connectivity index (χ0) is 17.8. The number of carbonyl (C=O) groups excluding carboxylic acids is 1. The highest BCUT2D eigenvalue weighted by molar-refractivity contribution is 9.10. The predicted octanol–water partition coefficient (Wildman–Crippen LogP) is 3.39. The predicted molar refractivity (Wildman–Crippen MR) is 103 cm³/mol. The van der Waals surface area contributed by atoms with Crippen molar-refractivity contribution < 1.29 is 4.79 Å². The molecule has 1 fully saturated rings. The Kier molecular flexibility index (Phi) is 5.81. The van der Waals surface area contributed by atoms with Crippen LogP contribution in [0.25, 0.3) is 0 Å². The van der Waals surface area contributed by atoms with Gasteiger partial charge in [-0.15, -0.1) is 0 Å². The van der Waals surface area contributed by atoms with Crippen molar-refractivity contribution in [3.8, 4) is 0 Å². The van der Waals surface area contributed by atoms with Crippen molar-refractivity contribution in [1.29, 1.82) is 0 Å². The molecule has 1 aliphatic rings. The van der Waals surface area contributed by atoms with E-state index in [9.17, 15) is 4.79 Å². The Balaban J connectivity index is 1.78. The third-order valence-electron chi connectivity index (χ3n) is 4.52. The van der Waals surface area contributed by atoms with E-state index < -0.39 is 0 Å². The first-order valence-electron chi connectivity index (χ1n) is 8.66. The lowest BCUT2D eigenvalue weighted by Gasteiger charge is -2.25. The van der Waals surface area contributed by atoms with Crippen LogP contribution in [0.1, 0.15) is 36.3 Å². The van der Waals surface area contributed by atoms with Crippen LogP contribution in [-0.2, 0) is 0 Å². The molecule has 0 atom stereocenters. The molecule has 2 aromatic rings. The van der Waals surface area contributed by atoms with Crippen molar-refractivity contribution in [2.24, 2.45) is 0 Å². The van der Waals surface area contributed by atoms with Gasteiger partial charge in [0.15, 0.2) is 0 Å². The molecule has 1 saturated heterocycles. The number of ketones is 1. The van der Waals surface area contributed by atoms with E-state index in [1.54, 1.807) is 24.5 Å². The number of pyridine rings is 2. The number of hydrogen-bond donors (Lipinski definition) is 0. The standard InChI is InChI=1S/C19H23BrN4O/c1-14(2)23-7-4-8-24(10-9-23)18-6-3-5-17(22-18)19(25)15-11-16(20)13-21-12-15/h3,5-6,11-14H,4,7-10H2,1-2H3. The van der Waals surface area contributed by atoms with Crippen molar-refractivity contribution in [2.75, 3.05) is 31.1 Å². The molecule has 0 radical (unpaired) electrons. The van der Waals surface area contributed by atoms with Gasteiger partial charge in [0, 0.05) is 54.7 Å². The van der Waals surface area contributed by atoms with E-state index >= 15 is 0 Å². The molecule has 0 aromatic carbocycles. The first kappa shape index (κ1) is 18.0. The zero-order valence-corrected chi connectivity index (χ0v) is 16.2. The van der Waals surface area contributed by atoms with Crippen LogP contribution in [0.3, 0.4) is 0 Å². The van der Waals surface area contributed by atoms with Gasteiger partial charge in [-0.3, -0.25) is 14.7 Å². The highest BCUT2D eigenvalue weighted by Crippen LogP contribution is 2.18. The summed E-state index contributed by atoms with van der Waals surface area (Å²) in [6.45, 7) is 8.50. The molecule has 0 bridgehead atoms. The largest absolute Gasteiger partial charge is 0.355 e. The summed E-state index contributed by atoms with van der Waals surface area (Å²) >= 11 is 3.36. The third-order valence-corrected chi connectivity index (χ3v) is 4.95. The average molecular weight is 403 g/mol. The van der Waals surface area contributed by atoms with Gasteiger partial charge in [-0.2, -0.15) is 0 Å². The van der Waals surface area contributed by atoms with Crippen LogP contribution in [-0.4, -0.2) is 52.9 Å². The topological polar surface area (TPSA) is 49.3 Å². The van der Waals surface area contributed by atoms with Crippen LogP contribution in [0.5, 0.6) is 0 Å². The van der Waals surface area contributed by atoms with Gasteiger partial charge in [0.05, 0.1) is 0 Å². The van der Waals surface area contributed by atoms with E-state index in [4.69, 9.17) is 0 Å². The number of nitrogens with zero attached hydrogens (tertiary/aromatic N) is 4. The molecule has 0 N–H and O–H groups in total. The molecule has 0 aliphatic carbocycles. The van der Waals surface area contributed by atoms with Crippen LogP contribution < -0.4 is 4.90 Å².